The second-order valence-corrected chi connectivity index (χ2v) is 6.40. The van der Waals surface area contributed by atoms with Gasteiger partial charge < -0.3 is 9.84 Å². The van der Waals surface area contributed by atoms with Crippen LogP contribution in [0, 0.1) is 5.92 Å². The number of ether oxygens (including phenoxy) is 1. The predicted molar refractivity (Wildman–Crippen MR) is 93.9 cm³/mol. The zero-order valence-electron chi connectivity index (χ0n) is 14.5. The molecule has 0 radical (unpaired) electrons. The minimum atomic E-state index is -0.101. The third-order valence-electron chi connectivity index (χ3n) is 4.45. The fraction of sp³-hybridized carbons (Fsp3) is 0.700. The summed E-state index contributed by atoms with van der Waals surface area (Å²) in [6.07, 6.45) is 9.33. The van der Waals surface area contributed by atoms with Gasteiger partial charge in [0.05, 0.1) is 12.7 Å². The van der Waals surface area contributed by atoms with Gasteiger partial charge in [0.25, 0.3) is 0 Å². The molecule has 22 heavy (non-hydrogen) atoms. The Hall–Kier alpha value is -0.860. The lowest BCUT2D eigenvalue weighted by molar-refractivity contribution is 0.102. The minimum Gasteiger partial charge on any atom is -0.393 e. The van der Waals surface area contributed by atoms with Crippen LogP contribution in [0.25, 0.3) is 0 Å². The fourth-order valence-corrected chi connectivity index (χ4v) is 2.59. The van der Waals surface area contributed by atoms with Gasteiger partial charge in [0, 0.05) is 6.61 Å². The topological polar surface area (TPSA) is 29.5 Å². The van der Waals surface area contributed by atoms with Crippen molar-refractivity contribution in [2.24, 2.45) is 5.92 Å². The summed E-state index contributed by atoms with van der Waals surface area (Å²) in [5, 5.41) is 9.89. The highest BCUT2D eigenvalue weighted by Crippen LogP contribution is 2.15. The van der Waals surface area contributed by atoms with Crippen molar-refractivity contribution in [2.75, 3.05) is 6.61 Å². The smallest absolute Gasteiger partial charge is 0.0716 e. The molecule has 0 aliphatic heterocycles. The summed E-state index contributed by atoms with van der Waals surface area (Å²) < 4.78 is 5.68. The van der Waals surface area contributed by atoms with E-state index in [-0.39, 0.29) is 6.10 Å². The van der Waals surface area contributed by atoms with Crippen molar-refractivity contribution in [1.29, 1.82) is 0 Å². The van der Waals surface area contributed by atoms with E-state index in [1.165, 1.54) is 31.2 Å². The minimum absolute atomic E-state index is 0.101. The Bertz CT molecular complexity index is 350. The van der Waals surface area contributed by atoms with E-state index in [1.807, 2.05) is 6.07 Å². The Kier molecular flexibility index (Phi) is 11.0. The Morgan fingerprint density at radius 3 is 2.27 bits per heavy atom. The molecule has 0 amide bonds. The molecule has 0 aliphatic rings. The fourth-order valence-electron chi connectivity index (χ4n) is 2.59. The van der Waals surface area contributed by atoms with Crippen LogP contribution < -0.4 is 0 Å². The van der Waals surface area contributed by atoms with Crippen molar-refractivity contribution in [1.82, 2.24) is 0 Å². The van der Waals surface area contributed by atoms with Crippen molar-refractivity contribution in [3.63, 3.8) is 0 Å². The van der Waals surface area contributed by atoms with Crippen LogP contribution in [-0.2, 0) is 11.3 Å². The van der Waals surface area contributed by atoms with Crippen LogP contribution in [0.1, 0.15) is 70.8 Å². The molecule has 2 nitrogen and oxygen atoms in total. The summed E-state index contributed by atoms with van der Waals surface area (Å²) in [6, 6.07) is 10.3. The van der Waals surface area contributed by atoms with Crippen molar-refractivity contribution in [3.8, 4) is 0 Å². The van der Waals surface area contributed by atoms with E-state index >= 15 is 0 Å². The van der Waals surface area contributed by atoms with E-state index in [0.717, 1.165) is 38.9 Å². The van der Waals surface area contributed by atoms with Crippen molar-refractivity contribution < 1.29 is 9.84 Å². The molecule has 1 aromatic carbocycles. The zero-order valence-corrected chi connectivity index (χ0v) is 14.5. The van der Waals surface area contributed by atoms with Crippen molar-refractivity contribution in [2.45, 2.75) is 77.9 Å². The molecule has 1 aromatic rings. The highest BCUT2D eigenvalue weighted by molar-refractivity contribution is 5.13. The monoisotopic (exact) mass is 306 g/mol. The van der Waals surface area contributed by atoms with Gasteiger partial charge in [-0.15, -0.1) is 0 Å². The van der Waals surface area contributed by atoms with Gasteiger partial charge in [0.2, 0.25) is 0 Å². The molecule has 2 heteroatoms. The first-order valence-corrected chi connectivity index (χ1v) is 9.03. The predicted octanol–water partition coefficient (Wildman–Crippen LogP) is 5.34. The molecular formula is C20H34O2. The summed E-state index contributed by atoms with van der Waals surface area (Å²) in [7, 11) is 0. The average Bonchev–Trinajstić information content (AvgIpc) is 2.56. The largest absolute Gasteiger partial charge is 0.393 e. The van der Waals surface area contributed by atoms with Gasteiger partial charge in [0.15, 0.2) is 0 Å². The Labute approximate surface area is 136 Å². The van der Waals surface area contributed by atoms with Crippen LogP contribution in [0.15, 0.2) is 30.3 Å². The summed E-state index contributed by atoms with van der Waals surface area (Å²) >= 11 is 0. The maximum absolute atomic E-state index is 9.89. The molecule has 1 N–H and O–H groups in total. The first-order chi connectivity index (χ1) is 10.7. The number of aliphatic hydroxyl groups is 1. The lowest BCUT2D eigenvalue weighted by Gasteiger charge is -2.16. The highest BCUT2D eigenvalue weighted by atomic mass is 16.5. The average molecular weight is 306 g/mol. The SMILES string of the molecule is CCC(C)[C@H](O)CCCCCCCCOCc1ccccc1. The summed E-state index contributed by atoms with van der Waals surface area (Å²) in [5.41, 5.74) is 1.25. The zero-order chi connectivity index (χ0) is 16.0. The molecule has 0 aliphatic carbocycles. The van der Waals surface area contributed by atoms with Gasteiger partial charge in [-0.2, -0.15) is 0 Å². The van der Waals surface area contributed by atoms with Crippen LogP contribution in [0.4, 0.5) is 0 Å². The lowest BCUT2D eigenvalue weighted by Crippen LogP contribution is -2.16. The lowest BCUT2D eigenvalue weighted by atomic mass is 9.96. The first kappa shape index (κ1) is 19.2. The van der Waals surface area contributed by atoms with Gasteiger partial charge >= 0.3 is 0 Å². The van der Waals surface area contributed by atoms with Crippen LogP contribution in [0.3, 0.4) is 0 Å². The molecule has 0 saturated carbocycles. The van der Waals surface area contributed by atoms with Gasteiger partial charge in [-0.3, -0.25) is 0 Å². The maximum Gasteiger partial charge on any atom is 0.0716 e. The second-order valence-electron chi connectivity index (χ2n) is 6.40. The number of hydrogen-bond acceptors (Lipinski definition) is 2. The molecule has 2 atom stereocenters. The molecule has 0 spiro atoms. The number of benzene rings is 1. The summed E-state index contributed by atoms with van der Waals surface area (Å²) in [6.45, 7) is 5.88. The Morgan fingerprint density at radius 2 is 1.59 bits per heavy atom. The van der Waals surface area contributed by atoms with E-state index < -0.39 is 0 Å². The van der Waals surface area contributed by atoms with Crippen molar-refractivity contribution >= 4 is 0 Å². The molecule has 1 rings (SSSR count). The molecule has 0 heterocycles. The number of rotatable bonds is 13. The van der Waals surface area contributed by atoms with E-state index in [4.69, 9.17) is 4.74 Å². The van der Waals surface area contributed by atoms with E-state index in [0.29, 0.717) is 5.92 Å². The van der Waals surface area contributed by atoms with Crippen LogP contribution >= 0.6 is 0 Å². The second kappa shape index (κ2) is 12.7. The van der Waals surface area contributed by atoms with Gasteiger partial charge in [0.1, 0.15) is 0 Å². The number of aliphatic hydroxyl groups excluding tert-OH is 1. The summed E-state index contributed by atoms with van der Waals surface area (Å²) in [5.74, 6) is 0.446. The Morgan fingerprint density at radius 1 is 0.955 bits per heavy atom. The quantitative estimate of drug-likeness (QED) is 0.498. The normalized spacial score (nSPS) is 14.0. The third kappa shape index (κ3) is 9.22. The molecule has 126 valence electrons. The third-order valence-corrected chi connectivity index (χ3v) is 4.45. The van der Waals surface area contributed by atoms with Gasteiger partial charge in [-0.1, -0.05) is 82.7 Å². The first-order valence-electron chi connectivity index (χ1n) is 9.03. The molecule has 0 aromatic heterocycles. The Balaban J connectivity index is 1.84. The summed E-state index contributed by atoms with van der Waals surface area (Å²) in [4.78, 5) is 0. The molecule has 0 saturated heterocycles. The number of hydrogen-bond donors (Lipinski definition) is 1. The van der Waals surface area contributed by atoms with Crippen LogP contribution in [0.2, 0.25) is 0 Å². The van der Waals surface area contributed by atoms with E-state index in [2.05, 4.69) is 38.1 Å². The molecule has 0 fully saturated rings. The maximum atomic E-state index is 9.89. The van der Waals surface area contributed by atoms with Gasteiger partial charge in [-0.05, 0) is 24.3 Å². The van der Waals surface area contributed by atoms with E-state index in [9.17, 15) is 5.11 Å². The molecule has 1 unspecified atom stereocenters. The standard InChI is InChI=1S/C20H34O2/c1-3-18(2)20(21)15-11-6-4-5-7-12-16-22-17-19-13-9-8-10-14-19/h8-10,13-14,18,20-21H,3-7,11-12,15-17H2,1-2H3/t18?,20-/m1/s1. The van der Waals surface area contributed by atoms with Crippen LogP contribution in [0.5, 0.6) is 0 Å². The molecular weight excluding hydrogens is 272 g/mol. The number of unbranched alkanes of at least 4 members (excludes halogenated alkanes) is 5. The van der Waals surface area contributed by atoms with Crippen molar-refractivity contribution in [3.05, 3.63) is 35.9 Å². The van der Waals surface area contributed by atoms with E-state index in [1.54, 1.807) is 0 Å². The molecule has 0 bridgehead atoms. The van der Waals surface area contributed by atoms with Crippen LogP contribution in [-0.4, -0.2) is 17.8 Å². The highest BCUT2D eigenvalue weighted by Gasteiger charge is 2.10. The van der Waals surface area contributed by atoms with Gasteiger partial charge in [-0.25, -0.2) is 0 Å².